The van der Waals surface area contributed by atoms with E-state index in [0.717, 1.165) is 44.1 Å². The molecule has 132 valence electrons. The van der Waals surface area contributed by atoms with Crippen LogP contribution in [-0.4, -0.2) is 25.0 Å². The van der Waals surface area contributed by atoms with E-state index in [1.807, 2.05) is 31.2 Å². The number of methoxy groups -OCH3 is 1. The zero-order valence-electron chi connectivity index (χ0n) is 15.1. The second-order valence-electron chi connectivity index (χ2n) is 6.98. The predicted molar refractivity (Wildman–Crippen MR) is 94.6 cm³/mol. The number of esters is 1. The van der Waals surface area contributed by atoms with Gasteiger partial charge in [-0.15, -0.1) is 0 Å². The smallest absolute Gasteiger partial charge is 0.328 e. The minimum absolute atomic E-state index is 0.0179. The summed E-state index contributed by atoms with van der Waals surface area (Å²) >= 11 is 0. The SMILES string of the molecule is CCCC1(C(=O)NC(Cc2ccc(C)cc2)C(=O)OC)CCCC1. The predicted octanol–water partition coefficient (Wildman–Crippen LogP) is 3.56. The fraction of sp³-hybridized carbons (Fsp3) is 0.600. The number of hydrogen-bond acceptors (Lipinski definition) is 3. The van der Waals surface area contributed by atoms with Gasteiger partial charge in [0.2, 0.25) is 5.91 Å². The summed E-state index contributed by atoms with van der Waals surface area (Å²) in [5.74, 6) is -0.363. The lowest BCUT2D eigenvalue weighted by Gasteiger charge is -2.29. The van der Waals surface area contributed by atoms with E-state index in [0.29, 0.717) is 6.42 Å². The molecule has 0 radical (unpaired) electrons. The monoisotopic (exact) mass is 331 g/mol. The molecule has 0 heterocycles. The number of carbonyl (C=O) groups excluding carboxylic acids is 2. The molecule has 1 aromatic rings. The Labute approximate surface area is 145 Å². The number of carbonyl (C=O) groups is 2. The van der Waals surface area contributed by atoms with Crippen molar-refractivity contribution in [1.82, 2.24) is 5.32 Å². The van der Waals surface area contributed by atoms with Gasteiger partial charge in [-0.1, -0.05) is 56.0 Å². The molecule has 1 unspecified atom stereocenters. The van der Waals surface area contributed by atoms with Crippen molar-refractivity contribution in [2.24, 2.45) is 5.41 Å². The first-order chi connectivity index (χ1) is 11.5. The van der Waals surface area contributed by atoms with Crippen LogP contribution < -0.4 is 5.32 Å². The number of nitrogens with one attached hydrogen (secondary N) is 1. The fourth-order valence-electron chi connectivity index (χ4n) is 3.73. The first-order valence-electron chi connectivity index (χ1n) is 8.95. The molecule has 0 bridgehead atoms. The Morgan fingerprint density at radius 1 is 1.21 bits per heavy atom. The van der Waals surface area contributed by atoms with E-state index in [9.17, 15) is 9.59 Å². The van der Waals surface area contributed by atoms with E-state index >= 15 is 0 Å². The van der Waals surface area contributed by atoms with Gasteiger partial charge in [-0.25, -0.2) is 4.79 Å². The Morgan fingerprint density at radius 2 is 1.83 bits per heavy atom. The molecule has 4 heteroatoms. The third-order valence-electron chi connectivity index (χ3n) is 5.12. The molecule has 0 aromatic heterocycles. The summed E-state index contributed by atoms with van der Waals surface area (Å²) in [5.41, 5.74) is 1.89. The number of ether oxygens (including phenoxy) is 1. The number of amides is 1. The standard InChI is InChI=1S/C20H29NO3/c1-4-11-20(12-5-6-13-20)19(23)21-17(18(22)24-3)14-16-9-7-15(2)8-10-16/h7-10,17H,4-6,11-14H2,1-3H3,(H,21,23). The molecule has 1 N–H and O–H groups in total. The average molecular weight is 331 g/mol. The van der Waals surface area contributed by atoms with Crippen molar-refractivity contribution < 1.29 is 14.3 Å². The van der Waals surface area contributed by atoms with Crippen LogP contribution in [0.1, 0.15) is 56.6 Å². The fourth-order valence-corrected chi connectivity index (χ4v) is 3.73. The largest absolute Gasteiger partial charge is 0.467 e. The molecular formula is C20H29NO3. The molecule has 1 aliphatic rings. The molecule has 1 aromatic carbocycles. The molecule has 1 amide bonds. The summed E-state index contributed by atoms with van der Waals surface area (Å²) in [4.78, 5) is 25.1. The highest BCUT2D eigenvalue weighted by atomic mass is 16.5. The quantitative estimate of drug-likeness (QED) is 0.777. The molecule has 4 nitrogen and oxygen atoms in total. The molecule has 1 saturated carbocycles. The van der Waals surface area contributed by atoms with Crippen LogP contribution in [0.15, 0.2) is 24.3 Å². The minimum Gasteiger partial charge on any atom is -0.467 e. The average Bonchev–Trinajstić information content (AvgIpc) is 3.05. The van der Waals surface area contributed by atoms with Crippen molar-refractivity contribution in [3.8, 4) is 0 Å². The van der Waals surface area contributed by atoms with Gasteiger partial charge in [-0.2, -0.15) is 0 Å². The lowest BCUT2D eigenvalue weighted by atomic mass is 9.80. The topological polar surface area (TPSA) is 55.4 Å². The second-order valence-corrected chi connectivity index (χ2v) is 6.98. The zero-order valence-corrected chi connectivity index (χ0v) is 15.1. The molecular weight excluding hydrogens is 302 g/mol. The van der Waals surface area contributed by atoms with Crippen LogP contribution in [0.4, 0.5) is 0 Å². The van der Waals surface area contributed by atoms with E-state index in [1.54, 1.807) is 0 Å². The van der Waals surface area contributed by atoms with Crippen LogP contribution in [0.3, 0.4) is 0 Å². The van der Waals surface area contributed by atoms with E-state index < -0.39 is 6.04 Å². The summed E-state index contributed by atoms with van der Waals surface area (Å²) in [7, 11) is 1.37. The first kappa shape index (κ1) is 18.5. The third kappa shape index (κ3) is 4.37. The van der Waals surface area contributed by atoms with E-state index in [2.05, 4.69) is 12.2 Å². The van der Waals surface area contributed by atoms with Gasteiger partial charge in [0.05, 0.1) is 7.11 Å². The second kappa shape index (κ2) is 8.32. The molecule has 0 spiro atoms. The van der Waals surface area contributed by atoms with E-state index in [1.165, 1.54) is 12.7 Å². The van der Waals surface area contributed by atoms with Crippen LogP contribution in [0, 0.1) is 12.3 Å². The zero-order chi connectivity index (χ0) is 17.6. The first-order valence-corrected chi connectivity index (χ1v) is 8.95. The van der Waals surface area contributed by atoms with Crippen molar-refractivity contribution >= 4 is 11.9 Å². The van der Waals surface area contributed by atoms with Gasteiger partial charge in [-0.3, -0.25) is 4.79 Å². The third-order valence-corrected chi connectivity index (χ3v) is 5.12. The number of hydrogen-bond donors (Lipinski definition) is 1. The van der Waals surface area contributed by atoms with E-state index in [4.69, 9.17) is 4.74 Å². The van der Waals surface area contributed by atoms with Crippen molar-refractivity contribution in [3.63, 3.8) is 0 Å². The summed E-state index contributed by atoms with van der Waals surface area (Å²) in [5, 5.41) is 2.98. The Hall–Kier alpha value is -1.84. The van der Waals surface area contributed by atoms with Crippen LogP contribution >= 0.6 is 0 Å². The highest BCUT2D eigenvalue weighted by Crippen LogP contribution is 2.42. The van der Waals surface area contributed by atoms with Gasteiger partial charge >= 0.3 is 5.97 Å². The summed E-state index contributed by atoms with van der Waals surface area (Å²) in [6.07, 6.45) is 6.35. The van der Waals surface area contributed by atoms with Crippen molar-refractivity contribution in [2.75, 3.05) is 7.11 Å². The molecule has 1 fully saturated rings. The highest BCUT2D eigenvalue weighted by molar-refractivity contribution is 5.88. The van der Waals surface area contributed by atoms with Crippen molar-refractivity contribution in [3.05, 3.63) is 35.4 Å². The highest BCUT2D eigenvalue weighted by Gasteiger charge is 2.41. The molecule has 2 rings (SSSR count). The molecule has 24 heavy (non-hydrogen) atoms. The van der Waals surface area contributed by atoms with Crippen LogP contribution in [-0.2, 0) is 20.7 Å². The van der Waals surface area contributed by atoms with Crippen molar-refractivity contribution in [1.29, 1.82) is 0 Å². The summed E-state index contributed by atoms with van der Waals surface area (Å²) in [6.45, 7) is 4.13. The summed E-state index contributed by atoms with van der Waals surface area (Å²) < 4.78 is 4.91. The number of benzene rings is 1. The van der Waals surface area contributed by atoms with Crippen LogP contribution in [0.25, 0.3) is 0 Å². The Bertz CT molecular complexity index is 559. The lowest BCUT2D eigenvalue weighted by Crippen LogP contribution is -2.49. The Morgan fingerprint density at radius 3 is 2.38 bits per heavy atom. The van der Waals surface area contributed by atoms with Gasteiger partial charge in [0.25, 0.3) is 0 Å². The maximum Gasteiger partial charge on any atom is 0.328 e. The van der Waals surface area contributed by atoms with Crippen LogP contribution in [0.5, 0.6) is 0 Å². The molecule has 1 aliphatic carbocycles. The van der Waals surface area contributed by atoms with E-state index in [-0.39, 0.29) is 17.3 Å². The summed E-state index contributed by atoms with van der Waals surface area (Å²) in [6, 6.07) is 7.39. The maximum absolute atomic E-state index is 12.9. The molecule has 1 atom stereocenters. The normalized spacial score (nSPS) is 17.3. The Balaban J connectivity index is 2.11. The molecule has 0 aliphatic heterocycles. The minimum atomic E-state index is -0.625. The van der Waals surface area contributed by atoms with Crippen molar-refractivity contribution in [2.45, 2.75) is 64.8 Å². The number of rotatable bonds is 7. The van der Waals surface area contributed by atoms with Crippen LogP contribution in [0.2, 0.25) is 0 Å². The molecule has 0 saturated heterocycles. The lowest BCUT2D eigenvalue weighted by molar-refractivity contribution is -0.146. The van der Waals surface area contributed by atoms with Gasteiger partial charge < -0.3 is 10.1 Å². The van der Waals surface area contributed by atoms with Gasteiger partial charge in [0.1, 0.15) is 6.04 Å². The Kier molecular flexibility index (Phi) is 6.41. The number of aryl methyl sites for hydroxylation is 1. The van der Waals surface area contributed by atoms with Gasteiger partial charge in [-0.05, 0) is 31.7 Å². The van der Waals surface area contributed by atoms with Gasteiger partial charge in [0.15, 0.2) is 0 Å². The van der Waals surface area contributed by atoms with Gasteiger partial charge in [0, 0.05) is 11.8 Å². The maximum atomic E-state index is 12.9.